The second-order valence-corrected chi connectivity index (χ2v) is 7.43. The number of fused-ring (bicyclic) bond motifs is 1. The van der Waals surface area contributed by atoms with E-state index in [0.717, 1.165) is 10.9 Å². The van der Waals surface area contributed by atoms with Crippen LogP contribution < -0.4 is 4.18 Å². The summed E-state index contributed by atoms with van der Waals surface area (Å²) >= 11 is 0. The maximum absolute atomic E-state index is 12.2. The van der Waals surface area contributed by atoms with E-state index in [9.17, 15) is 21.6 Å². The van der Waals surface area contributed by atoms with E-state index in [-0.39, 0.29) is 5.75 Å². The molecule has 0 bridgehead atoms. The van der Waals surface area contributed by atoms with Gasteiger partial charge in [-0.25, -0.2) is 0 Å². The number of para-hydroxylation sites is 1. The summed E-state index contributed by atoms with van der Waals surface area (Å²) in [6.45, 7) is 0. The lowest BCUT2D eigenvalue weighted by Gasteiger charge is -2.10. The Hall–Kier alpha value is -2.48. The number of benzene rings is 2. The van der Waals surface area contributed by atoms with E-state index in [2.05, 4.69) is 0 Å². The third-order valence-corrected chi connectivity index (χ3v) is 4.94. The molecule has 8 heteroatoms. The molecule has 1 heterocycles. The minimum Gasteiger partial charge on any atom is -0.464 e. The van der Waals surface area contributed by atoms with Gasteiger partial charge in [0.2, 0.25) is 0 Å². The highest BCUT2D eigenvalue weighted by Crippen LogP contribution is 2.31. The smallest absolute Gasteiger partial charge is 0.389 e. The van der Waals surface area contributed by atoms with Gasteiger partial charge in [0.25, 0.3) is 0 Å². The van der Waals surface area contributed by atoms with Crippen LogP contribution in [0.4, 0.5) is 13.2 Å². The first-order valence-electron chi connectivity index (χ1n) is 7.79. The Labute approximate surface area is 148 Å². The van der Waals surface area contributed by atoms with Gasteiger partial charge in [-0.1, -0.05) is 30.3 Å². The summed E-state index contributed by atoms with van der Waals surface area (Å²) in [4.78, 5) is 0. The molecule has 138 valence electrons. The van der Waals surface area contributed by atoms with Crippen LogP contribution in [0.25, 0.3) is 22.1 Å². The minimum absolute atomic E-state index is 0.0399. The molecular formula is C18H15F3O4S. The fraction of sp³-hybridized carbons (Fsp3) is 0.222. The van der Waals surface area contributed by atoms with Gasteiger partial charge in [0.15, 0.2) is 0 Å². The van der Waals surface area contributed by atoms with Crippen LogP contribution in [0.5, 0.6) is 5.75 Å². The first kappa shape index (κ1) is 18.3. The average Bonchev–Trinajstić information content (AvgIpc) is 3.01. The van der Waals surface area contributed by atoms with Gasteiger partial charge in [-0.3, -0.25) is 0 Å². The van der Waals surface area contributed by atoms with Crippen molar-refractivity contribution in [1.82, 2.24) is 0 Å². The molecule has 0 unspecified atom stereocenters. The Morgan fingerprint density at radius 1 is 1.04 bits per heavy atom. The van der Waals surface area contributed by atoms with Crippen molar-refractivity contribution in [2.45, 2.75) is 19.0 Å². The summed E-state index contributed by atoms with van der Waals surface area (Å²) in [7, 11) is -4.11. The zero-order valence-corrected chi connectivity index (χ0v) is 14.3. The van der Waals surface area contributed by atoms with E-state index >= 15 is 0 Å². The van der Waals surface area contributed by atoms with E-state index in [1.54, 1.807) is 18.4 Å². The van der Waals surface area contributed by atoms with Crippen molar-refractivity contribution in [1.29, 1.82) is 0 Å². The van der Waals surface area contributed by atoms with Crippen LogP contribution in [0.15, 0.2) is 59.2 Å². The molecule has 0 aliphatic heterocycles. The molecule has 0 N–H and O–H groups in total. The maximum Gasteiger partial charge on any atom is 0.389 e. The quantitative estimate of drug-likeness (QED) is 0.552. The summed E-state index contributed by atoms with van der Waals surface area (Å²) in [5.41, 5.74) is 2.08. The van der Waals surface area contributed by atoms with Crippen LogP contribution in [0.1, 0.15) is 12.8 Å². The standard InChI is InChI=1S/C18H15F3O4S/c19-18(20,21)9-3-11-26(22,23)25-15-6-1-5-14(12-15)16-7-2-4-13-8-10-24-17(13)16/h1-2,4-8,10,12H,3,9,11H2. The van der Waals surface area contributed by atoms with Gasteiger partial charge in [-0.05, 0) is 30.2 Å². The van der Waals surface area contributed by atoms with E-state index in [1.165, 1.54) is 12.1 Å². The first-order valence-corrected chi connectivity index (χ1v) is 9.37. The van der Waals surface area contributed by atoms with Gasteiger partial charge in [0.1, 0.15) is 11.3 Å². The third-order valence-electron chi connectivity index (χ3n) is 3.70. The number of furan rings is 1. The van der Waals surface area contributed by atoms with Gasteiger partial charge in [-0.2, -0.15) is 21.6 Å². The average molecular weight is 384 g/mol. The number of hydrogen-bond acceptors (Lipinski definition) is 4. The van der Waals surface area contributed by atoms with E-state index < -0.39 is 34.9 Å². The molecule has 3 rings (SSSR count). The Kier molecular flexibility index (Phi) is 4.95. The number of halogens is 3. The van der Waals surface area contributed by atoms with Crippen LogP contribution >= 0.6 is 0 Å². The minimum atomic E-state index is -4.39. The molecule has 26 heavy (non-hydrogen) atoms. The van der Waals surface area contributed by atoms with Crippen LogP contribution in [0.2, 0.25) is 0 Å². The van der Waals surface area contributed by atoms with Crippen LogP contribution in [-0.4, -0.2) is 20.3 Å². The molecule has 0 atom stereocenters. The lowest BCUT2D eigenvalue weighted by atomic mass is 10.0. The highest BCUT2D eigenvalue weighted by molar-refractivity contribution is 7.87. The molecule has 0 saturated heterocycles. The predicted molar refractivity (Wildman–Crippen MR) is 91.4 cm³/mol. The van der Waals surface area contributed by atoms with Crippen molar-refractivity contribution in [2.24, 2.45) is 0 Å². The predicted octanol–water partition coefficient (Wildman–Crippen LogP) is 5.15. The first-order chi connectivity index (χ1) is 12.2. The molecule has 0 radical (unpaired) electrons. The van der Waals surface area contributed by atoms with Crippen molar-refractivity contribution < 1.29 is 30.2 Å². The van der Waals surface area contributed by atoms with Crippen LogP contribution in [-0.2, 0) is 10.1 Å². The van der Waals surface area contributed by atoms with Gasteiger partial charge in [0, 0.05) is 17.4 Å². The Bertz CT molecular complexity index is 1010. The molecule has 0 aliphatic carbocycles. The molecular weight excluding hydrogens is 369 g/mol. The second-order valence-electron chi connectivity index (χ2n) is 5.74. The number of rotatable bonds is 6. The van der Waals surface area contributed by atoms with Crippen LogP contribution in [0, 0.1) is 0 Å². The summed E-state index contributed by atoms with van der Waals surface area (Å²) in [5, 5.41) is 0.897. The van der Waals surface area contributed by atoms with Gasteiger partial charge in [-0.15, -0.1) is 0 Å². The second kappa shape index (κ2) is 7.03. The lowest BCUT2D eigenvalue weighted by molar-refractivity contribution is -0.134. The zero-order valence-electron chi connectivity index (χ0n) is 13.5. The highest BCUT2D eigenvalue weighted by atomic mass is 32.2. The lowest BCUT2D eigenvalue weighted by Crippen LogP contribution is -2.16. The molecule has 0 aliphatic rings. The van der Waals surface area contributed by atoms with Gasteiger partial charge < -0.3 is 8.60 Å². The summed E-state index contributed by atoms with van der Waals surface area (Å²) in [5.74, 6) is -0.664. The molecule has 3 aromatic rings. The van der Waals surface area contributed by atoms with Gasteiger partial charge >= 0.3 is 16.3 Å². The maximum atomic E-state index is 12.2. The topological polar surface area (TPSA) is 56.5 Å². The van der Waals surface area contributed by atoms with Crippen molar-refractivity contribution >= 4 is 21.1 Å². The summed E-state index contributed by atoms with van der Waals surface area (Å²) in [6.07, 6.45) is -4.55. The molecule has 1 aromatic heterocycles. The highest BCUT2D eigenvalue weighted by Gasteiger charge is 2.27. The van der Waals surface area contributed by atoms with Crippen molar-refractivity contribution in [3.63, 3.8) is 0 Å². The fourth-order valence-electron chi connectivity index (χ4n) is 2.57. The number of hydrogen-bond donors (Lipinski definition) is 0. The van der Waals surface area contributed by atoms with Crippen molar-refractivity contribution in [2.75, 3.05) is 5.75 Å². The Balaban J connectivity index is 1.78. The van der Waals surface area contributed by atoms with Crippen LogP contribution in [0.3, 0.4) is 0 Å². The van der Waals surface area contributed by atoms with E-state index in [4.69, 9.17) is 8.60 Å². The summed E-state index contributed by atoms with van der Waals surface area (Å²) < 4.78 is 70.7. The van der Waals surface area contributed by atoms with E-state index in [0.29, 0.717) is 11.1 Å². The van der Waals surface area contributed by atoms with Crippen molar-refractivity contribution in [3.05, 3.63) is 54.8 Å². The molecule has 0 spiro atoms. The summed E-state index contributed by atoms with van der Waals surface area (Å²) in [6, 6.07) is 13.7. The monoisotopic (exact) mass is 384 g/mol. The Morgan fingerprint density at radius 2 is 1.81 bits per heavy atom. The molecule has 0 amide bonds. The Morgan fingerprint density at radius 3 is 2.58 bits per heavy atom. The number of alkyl halides is 3. The SMILES string of the molecule is O=S(=O)(CCCC(F)(F)F)Oc1cccc(-c2cccc3ccoc23)c1. The third kappa shape index (κ3) is 4.57. The normalized spacial score (nSPS) is 12.4. The van der Waals surface area contributed by atoms with Gasteiger partial charge in [0.05, 0.1) is 12.0 Å². The molecule has 0 fully saturated rings. The fourth-order valence-corrected chi connectivity index (χ4v) is 3.55. The molecule has 2 aromatic carbocycles. The van der Waals surface area contributed by atoms with Crippen molar-refractivity contribution in [3.8, 4) is 16.9 Å². The zero-order chi connectivity index (χ0) is 18.8. The molecule has 0 saturated carbocycles. The van der Waals surface area contributed by atoms with E-state index in [1.807, 2.05) is 24.3 Å². The largest absolute Gasteiger partial charge is 0.464 e. The molecule has 4 nitrogen and oxygen atoms in total.